The SMILES string of the molecule is [2H]C([2H])([2H])c1cc(O)ccc1OC(=O)c1ccccc1. The summed E-state index contributed by atoms with van der Waals surface area (Å²) in [6.45, 7) is -2.48. The lowest BCUT2D eigenvalue weighted by atomic mass is 10.2. The molecule has 0 aliphatic carbocycles. The molecule has 3 nitrogen and oxygen atoms in total. The number of ether oxygens (including phenoxy) is 1. The average Bonchev–Trinajstić information content (AvgIpc) is 2.40. The third-order valence-corrected chi connectivity index (χ3v) is 2.18. The Balaban J connectivity index is 2.33. The quantitative estimate of drug-likeness (QED) is 0.638. The zero-order valence-corrected chi connectivity index (χ0v) is 8.88. The second-order valence-electron chi connectivity index (χ2n) is 3.44. The van der Waals surface area contributed by atoms with E-state index in [1.165, 1.54) is 12.1 Å². The summed E-state index contributed by atoms with van der Waals surface area (Å²) >= 11 is 0. The molecule has 3 heteroatoms. The van der Waals surface area contributed by atoms with Crippen LogP contribution < -0.4 is 4.74 Å². The Morgan fingerprint density at radius 2 is 2.00 bits per heavy atom. The molecule has 86 valence electrons. The molecule has 0 aromatic heterocycles. The highest BCUT2D eigenvalue weighted by Crippen LogP contribution is 2.23. The average molecular weight is 231 g/mol. The molecule has 0 unspecified atom stereocenters. The van der Waals surface area contributed by atoms with E-state index in [2.05, 4.69) is 0 Å². The van der Waals surface area contributed by atoms with E-state index in [1.807, 2.05) is 0 Å². The number of carbonyl (C=O) groups excluding carboxylic acids is 1. The maximum atomic E-state index is 11.9. The minimum absolute atomic E-state index is 0.0864. The Labute approximate surface area is 104 Å². The summed E-state index contributed by atoms with van der Waals surface area (Å²) < 4.78 is 27.3. The first-order chi connectivity index (χ1) is 9.38. The van der Waals surface area contributed by atoms with Crippen molar-refractivity contribution in [1.82, 2.24) is 0 Å². The van der Waals surface area contributed by atoms with Crippen molar-refractivity contribution in [2.24, 2.45) is 0 Å². The van der Waals surface area contributed by atoms with Crippen molar-refractivity contribution < 1.29 is 18.8 Å². The monoisotopic (exact) mass is 231 g/mol. The zero-order valence-electron chi connectivity index (χ0n) is 11.9. The van der Waals surface area contributed by atoms with Crippen molar-refractivity contribution in [3.63, 3.8) is 0 Å². The highest BCUT2D eigenvalue weighted by molar-refractivity contribution is 5.91. The van der Waals surface area contributed by atoms with Crippen molar-refractivity contribution >= 4 is 5.97 Å². The fourth-order valence-corrected chi connectivity index (χ4v) is 1.34. The molecule has 0 aliphatic heterocycles. The maximum absolute atomic E-state index is 11.9. The highest BCUT2D eigenvalue weighted by Gasteiger charge is 2.09. The zero-order chi connectivity index (χ0) is 14.8. The van der Waals surface area contributed by atoms with Crippen LogP contribution in [0.4, 0.5) is 0 Å². The van der Waals surface area contributed by atoms with Gasteiger partial charge < -0.3 is 9.84 Å². The van der Waals surface area contributed by atoms with Crippen LogP contribution in [-0.4, -0.2) is 11.1 Å². The van der Waals surface area contributed by atoms with Gasteiger partial charge >= 0.3 is 5.97 Å². The third kappa shape index (κ3) is 2.64. The Morgan fingerprint density at radius 3 is 2.71 bits per heavy atom. The summed E-state index contributed by atoms with van der Waals surface area (Å²) in [7, 11) is 0. The number of aryl methyl sites for hydroxylation is 1. The van der Waals surface area contributed by atoms with Gasteiger partial charge in [-0.2, -0.15) is 0 Å². The Morgan fingerprint density at radius 1 is 1.24 bits per heavy atom. The Bertz CT molecular complexity index is 621. The first-order valence-electron chi connectivity index (χ1n) is 6.48. The number of carbonyl (C=O) groups is 1. The van der Waals surface area contributed by atoms with E-state index in [4.69, 9.17) is 8.85 Å². The van der Waals surface area contributed by atoms with Crippen LogP contribution in [-0.2, 0) is 0 Å². The van der Waals surface area contributed by atoms with Crippen molar-refractivity contribution in [1.29, 1.82) is 0 Å². The second kappa shape index (κ2) is 4.70. The summed E-state index contributed by atoms with van der Waals surface area (Å²) in [6.07, 6.45) is 0. The van der Waals surface area contributed by atoms with Gasteiger partial charge in [-0.1, -0.05) is 18.2 Å². The van der Waals surface area contributed by atoms with Crippen LogP contribution in [0.5, 0.6) is 11.5 Å². The van der Waals surface area contributed by atoms with Gasteiger partial charge in [-0.3, -0.25) is 0 Å². The summed E-state index contributed by atoms with van der Waals surface area (Å²) in [5, 5.41) is 9.36. The molecule has 2 aromatic rings. The van der Waals surface area contributed by atoms with E-state index >= 15 is 0 Å². The van der Waals surface area contributed by atoms with E-state index in [0.717, 1.165) is 6.07 Å². The van der Waals surface area contributed by atoms with E-state index < -0.39 is 12.8 Å². The number of aromatic hydroxyl groups is 1. The summed E-state index contributed by atoms with van der Waals surface area (Å²) in [4.78, 5) is 11.9. The van der Waals surface area contributed by atoms with Crippen LogP contribution in [0.15, 0.2) is 48.5 Å². The number of rotatable bonds is 2. The number of hydrogen-bond donors (Lipinski definition) is 1. The Hall–Kier alpha value is -2.29. The van der Waals surface area contributed by atoms with Gasteiger partial charge in [-0.25, -0.2) is 4.79 Å². The van der Waals surface area contributed by atoms with E-state index in [-0.39, 0.29) is 17.1 Å². The van der Waals surface area contributed by atoms with Gasteiger partial charge in [0.2, 0.25) is 0 Å². The molecular formula is C14H12O3. The minimum Gasteiger partial charge on any atom is -0.508 e. The highest BCUT2D eigenvalue weighted by atomic mass is 16.5. The van der Waals surface area contributed by atoms with Crippen LogP contribution in [0.3, 0.4) is 0 Å². The van der Waals surface area contributed by atoms with Crippen molar-refractivity contribution in [3.05, 3.63) is 59.7 Å². The lowest BCUT2D eigenvalue weighted by Crippen LogP contribution is -2.08. The molecule has 0 amide bonds. The largest absolute Gasteiger partial charge is 0.508 e. The van der Waals surface area contributed by atoms with Crippen molar-refractivity contribution in [2.45, 2.75) is 6.85 Å². The third-order valence-electron chi connectivity index (χ3n) is 2.18. The first kappa shape index (κ1) is 7.90. The van der Waals surface area contributed by atoms with E-state index in [0.29, 0.717) is 5.56 Å². The lowest BCUT2D eigenvalue weighted by Gasteiger charge is -2.07. The minimum atomic E-state index is -2.48. The van der Waals surface area contributed by atoms with E-state index in [9.17, 15) is 9.90 Å². The predicted octanol–water partition coefficient (Wildman–Crippen LogP) is 2.92. The van der Waals surface area contributed by atoms with Gasteiger partial charge in [0.05, 0.1) is 5.56 Å². The topological polar surface area (TPSA) is 46.5 Å². The maximum Gasteiger partial charge on any atom is 0.343 e. The normalized spacial score (nSPS) is 13.3. The van der Waals surface area contributed by atoms with Gasteiger partial charge in [0, 0.05) is 4.11 Å². The molecule has 0 spiro atoms. The first-order valence-corrected chi connectivity index (χ1v) is 4.98. The van der Waals surface area contributed by atoms with Gasteiger partial charge in [-0.05, 0) is 42.7 Å². The molecule has 0 fully saturated rings. The van der Waals surface area contributed by atoms with Gasteiger partial charge in [0.1, 0.15) is 11.5 Å². The number of hydrogen-bond acceptors (Lipinski definition) is 3. The molecule has 0 bridgehead atoms. The summed E-state index contributed by atoms with van der Waals surface area (Å²) in [6, 6.07) is 11.8. The molecule has 0 saturated carbocycles. The van der Waals surface area contributed by atoms with Crippen LogP contribution in [0.25, 0.3) is 0 Å². The van der Waals surface area contributed by atoms with Crippen LogP contribution in [0.1, 0.15) is 20.0 Å². The van der Waals surface area contributed by atoms with Crippen LogP contribution in [0.2, 0.25) is 0 Å². The predicted molar refractivity (Wildman–Crippen MR) is 64.2 cm³/mol. The number of phenolic OH excluding ortho intramolecular Hbond substituents is 1. The number of benzene rings is 2. The standard InChI is InChI=1S/C14H12O3/c1-10-9-12(15)7-8-13(10)17-14(16)11-5-3-2-4-6-11/h2-9,15H,1H3/i1D3. The number of esters is 1. The smallest absolute Gasteiger partial charge is 0.343 e. The molecule has 17 heavy (non-hydrogen) atoms. The fraction of sp³-hybridized carbons (Fsp3) is 0.0714. The molecule has 0 atom stereocenters. The molecule has 0 radical (unpaired) electrons. The molecule has 0 saturated heterocycles. The molecule has 0 aliphatic rings. The van der Waals surface area contributed by atoms with Crippen LogP contribution >= 0.6 is 0 Å². The summed E-state index contributed by atoms with van der Waals surface area (Å²) in [5.74, 6) is -0.936. The molecule has 0 heterocycles. The van der Waals surface area contributed by atoms with Gasteiger partial charge in [0.15, 0.2) is 0 Å². The molecule has 1 N–H and O–H groups in total. The Kier molecular flexibility index (Phi) is 2.18. The lowest BCUT2D eigenvalue weighted by molar-refractivity contribution is 0.0733. The molecule has 2 rings (SSSR count). The molecule has 2 aromatic carbocycles. The van der Waals surface area contributed by atoms with Crippen molar-refractivity contribution in [3.8, 4) is 11.5 Å². The number of phenols is 1. The second-order valence-corrected chi connectivity index (χ2v) is 3.44. The van der Waals surface area contributed by atoms with Gasteiger partial charge in [0.25, 0.3) is 0 Å². The van der Waals surface area contributed by atoms with E-state index in [1.54, 1.807) is 30.3 Å². The van der Waals surface area contributed by atoms with Gasteiger partial charge in [-0.15, -0.1) is 0 Å². The van der Waals surface area contributed by atoms with Crippen molar-refractivity contribution in [2.75, 3.05) is 0 Å². The summed E-state index contributed by atoms with van der Waals surface area (Å²) in [5.41, 5.74) is 0.110. The van der Waals surface area contributed by atoms with Crippen LogP contribution in [0, 0.1) is 6.85 Å². The molecular weight excluding hydrogens is 216 g/mol. The fourth-order valence-electron chi connectivity index (χ4n) is 1.34.